The number of hydrogen-bond acceptors (Lipinski definition) is 3. The SMILES string of the molecule is COc1cc2occ(-c3ccc(F)cc3)c2cc1/C(C)=C/C(=O)Nc1cc(C)cc(C)c1. The number of hydrogen-bond donors (Lipinski definition) is 1. The zero-order valence-electron chi connectivity index (χ0n) is 18.5. The van der Waals surface area contributed by atoms with E-state index in [4.69, 9.17) is 9.15 Å². The van der Waals surface area contributed by atoms with Gasteiger partial charge in [-0.25, -0.2) is 4.39 Å². The van der Waals surface area contributed by atoms with Crippen molar-refractivity contribution in [1.82, 2.24) is 0 Å². The predicted molar refractivity (Wildman–Crippen MR) is 126 cm³/mol. The molecule has 5 heteroatoms. The Hall–Kier alpha value is -3.86. The molecule has 0 aliphatic rings. The standard InChI is InChI=1S/C27H24FNO3/c1-16-9-17(2)11-21(10-16)29-27(30)12-18(3)22-13-23-24(19-5-7-20(28)8-6-19)15-32-26(23)14-25(22)31-4/h5-15H,1-4H3,(H,29,30)/b18-12+. The van der Waals surface area contributed by atoms with Crippen LogP contribution in [0.25, 0.3) is 27.7 Å². The van der Waals surface area contributed by atoms with Crippen LogP contribution in [0, 0.1) is 19.7 Å². The molecule has 32 heavy (non-hydrogen) atoms. The second kappa shape index (κ2) is 8.71. The molecule has 0 aliphatic carbocycles. The zero-order valence-corrected chi connectivity index (χ0v) is 18.5. The largest absolute Gasteiger partial charge is 0.496 e. The Kier molecular flexibility index (Phi) is 5.82. The number of furan rings is 1. The summed E-state index contributed by atoms with van der Waals surface area (Å²) in [5.74, 6) is 0.0866. The normalized spacial score (nSPS) is 11.6. The summed E-state index contributed by atoms with van der Waals surface area (Å²) in [6, 6.07) is 15.9. The number of methoxy groups -OCH3 is 1. The van der Waals surface area contributed by atoms with Gasteiger partial charge in [0.2, 0.25) is 5.91 Å². The van der Waals surface area contributed by atoms with Crippen LogP contribution >= 0.6 is 0 Å². The van der Waals surface area contributed by atoms with Gasteiger partial charge in [0.15, 0.2) is 0 Å². The number of nitrogens with one attached hydrogen (secondary N) is 1. The van der Waals surface area contributed by atoms with Crippen LogP contribution in [0.2, 0.25) is 0 Å². The molecule has 3 aromatic carbocycles. The van der Waals surface area contributed by atoms with E-state index >= 15 is 0 Å². The van der Waals surface area contributed by atoms with E-state index in [9.17, 15) is 9.18 Å². The Morgan fingerprint density at radius 2 is 1.72 bits per heavy atom. The van der Waals surface area contributed by atoms with Gasteiger partial charge in [0, 0.05) is 34.3 Å². The molecule has 1 amide bonds. The highest BCUT2D eigenvalue weighted by Crippen LogP contribution is 2.37. The highest BCUT2D eigenvalue weighted by Gasteiger charge is 2.15. The second-order valence-electron chi connectivity index (χ2n) is 7.90. The molecule has 1 N–H and O–H groups in total. The molecule has 1 heterocycles. The third-order valence-corrected chi connectivity index (χ3v) is 5.31. The predicted octanol–water partition coefficient (Wildman–Crippen LogP) is 6.91. The molecule has 0 radical (unpaired) electrons. The van der Waals surface area contributed by atoms with Gasteiger partial charge in [0.05, 0.1) is 13.4 Å². The molecule has 4 rings (SSSR count). The third kappa shape index (κ3) is 4.42. The third-order valence-electron chi connectivity index (χ3n) is 5.31. The number of halogens is 1. The van der Waals surface area contributed by atoms with E-state index in [1.165, 1.54) is 12.1 Å². The molecule has 162 valence electrons. The van der Waals surface area contributed by atoms with Crippen molar-refractivity contribution in [3.8, 4) is 16.9 Å². The van der Waals surface area contributed by atoms with Gasteiger partial charge in [0.25, 0.3) is 0 Å². The quantitative estimate of drug-likeness (QED) is 0.351. The van der Waals surface area contributed by atoms with E-state index in [1.54, 1.807) is 37.6 Å². The summed E-state index contributed by atoms with van der Waals surface area (Å²) < 4.78 is 24.6. The van der Waals surface area contributed by atoms with Crippen LogP contribution in [0.15, 0.2) is 71.4 Å². The van der Waals surface area contributed by atoms with Crippen LogP contribution < -0.4 is 10.1 Å². The first-order valence-electron chi connectivity index (χ1n) is 10.3. The summed E-state index contributed by atoms with van der Waals surface area (Å²) in [7, 11) is 1.58. The molecule has 0 unspecified atom stereocenters. The first-order chi connectivity index (χ1) is 15.3. The average Bonchev–Trinajstić information content (AvgIpc) is 3.15. The lowest BCUT2D eigenvalue weighted by atomic mass is 9.99. The number of fused-ring (bicyclic) bond motifs is 1. The van der Waals surface area contributed by atoms with E-state index in [2.05, 4.69) is 11.4 Å². The number of ether oxygens (including phenoxy) is 1. The van der Waals surface area contributed by atoms with Crippen LogP contribution in [0.1, 0.15) is 23.6 Å². The summed E-state index contributed by atoms with van der Waals surface area (Å²) in [5.41, 5.74) is 6.79. The first-order valence-corrected chi connectivity index (χ1v) is 10.3. The van der Waals surface area contributed by atoms with Gasteiger partial charge in [0.1, 0.15) is 17.1 Å². The molecule has 0 atom stereocenters. The maximum Gasteiger partial charge on any atom is 0.248 e. The first kappa shape index (κ1) is 21.4. The van der Waals surface area contributed by atoms with Crippen molar-refractivity contribution in [3.63, 3.8) is 0 Å². The van der Waals surface area contributed by atoms with E-state index in [0.29, 0.717) is 11.3 Å². The smallest absolute Gasteiger partial charge is 0.248 e. The van der Waals surface area contributed by atoms with Crippen molar-refractivity contribution in [3.05, 3.63) is 89.4 Å². The summed E-state index contributed by atoms with van der Waals surface area (Å²) in [5, 5.41) is 3.78. The van der Waals surface area contributed by atoms with Crippen molar-refractivity contribution in [2.75, 3.05) is 12.4 Å². The molecule has 0 saturated heterocycles. The fourth-order valence-electron chi connectivity index (χ4n) is 3.88. The summed E-state index contributed by atoms with van der Waals surface area (Å²) in [6.07, 6.45) is 3.20. The number of rotatable bonds is 5. The van der Waals surface area contributed by atoms with E-state index in [-0.39, 0.29) is 11.7 Å². The Bertz CT molecular complexity index is 1310. The van der Waals surface area contributed by atoms with Crippen LogP contribution in [0.5, 0.6) is 5.75 Å². The Labute approximate surface area is 186 Å². The molecule has 0 saturated carbocycles. The van der Waals surface area contributed by atoms with Crippen molar-refractivity contribution >= 4 is 28.1 Å². The number of benzene rings is 3. The number of carbonyl (C=O) groups is 1. The maximum absolute atomic E-state index is 13.3. The molecule has 4 nitrogen and oxygen atoms in total. The maximum atomic E-state index is 13.3. The molecular formula is C27H24FNO3. The topological polar surface area (TPSA) is 51.5 Å². The number of aryl methyl sites for hydroxylation is 2. The van der Waals surface area contributed by atoms with Crippen LogP contribution in [-0.2, 0) is 4.79 Å². The van der Waals surface area contributed by atoms with Crippen LogP contribution in [0.4, 0.5) is 10.1 Å². The fourth-order valence-corrected chi connectivity index (χ4v) is 3.88. The molecule has 0 aliphatic heterocycles. The summed E-state index contributed by atoms with van der Waals surface area (Å²) in [6.45, 7) is 5.85. The molecule has 4 aromatic rings. The molecule has 0 bridgehead atoms. The van der Waals surface area contributed by atoms with Crippen LogP contribution in [-0.4, -0.2) is 13.0 Å². The summed E-state index contributed by atoms with van der Waals surface area (Å²) >= 11 is 0. The molecular weight excluding hydrogens is 405 g/mol. The number of allylic oxidation sites excluding steroid dienone is 1. The van der Waals surface area contributed by atoms with Crippen molar-refractivity contribution in [1.29, 1.82) is 0 Å². The monoisotopic (exact) mass is 429 g/mol. The van der Waals surface area contributed by atoms with Gasteiger partial charge < -0.3 is 14.5 Å². The average molecular weight is 429 g/mol. The lowest BCUT2D eigenvalue weighted by Gasteiger charge is -2.11. The zero-order chi connectivity index (χ0) is 22.8. The van der Waals surface area contributed by atoms with Gasteiger partial charge >= 0.3 is 0 Å². The van der Waals surface area contributed by atoms with E-state index < -0.39 is 0 Å². The van der Waals surface area contributed by atoms with Gasteiger partial charge in [-0.05, 0) is 73.4 Å². The highest BCUT2D eigenvalue weighted by atomic mass is 19.1. The minimum absolute atomic E-state index is 0.222. The van der Waals surface area contributed by atoms with Crippen molar-refractivity contribution in [2.45, 2.75) is 20.8 Å². The number of anilines is 1. The van der Waals surface area contributed by atoms with Crippen molar-refractivity contribution in [2.24, 2.45) is 0 Å². The minimum atomic E-state index is -0.294. The Morgan fingerprint density at radius 1 is 1.03 bits per heavy atom. The Balaban J connectivity index is 1.70. The van der Waals surface area contributed by atoms with Gasteiger partial charge in [-0.3, -0.25) is 4.79 Å². The van der Waals surface area contributed by atoms with E-state index in [0.717, 1.165) is 44.5 Å². The van der Waals surface area contributed by atoms with Gasteiger partial charge in [-0.1, -0.05) is 18.2 Å². The van der Waals surface area contributed by atoms with E-state index in [1.807, 2.05) is 39.0 Å². The summed E-state index contributed by atoms with van der Waals surface area (Å²) in [4.78, 5) is 12.7. The number of carbonyl (C=O) groups excluding carboxylic acids is 1. The lowest BCUT2D eigenvalue weighted by molar-refractivity contribution is -0.111. The second-order valence-corrected chi connectivity index (χ2v) is 7.90. The Morgan fingerprint density at radius 3 is 2.38 bits per heavy atom. The van der Waals surface area contributed by atoms with Crippen LogP contribution in [0.3, 0.4) is 0 Å². The molecule has 0 spiro atoms. The highest BCUT2D eigenvalue weighted by molar-refractivity contribution is 6.05. The molecule has 1 aromatic heterocycles. The van der Waals surface area contributed by atoms with Crippen molar-refractivity contribution < 1.29 is 18.3 Å². The lowest BCUT2D eigenvalue weighted by Crippen LogP contribution is -2.09. The fraction of sp³-hybridized carbons (Fsp3) is 0.148. The van der Waals surface area contributed by atoms with Gasteiger partial charge in [-0.2, -0.15) is 0 Å². The minimum Gasteiger partial charge on any atom is -0.496 e. The van der Waals surface area contributed by atoms with Gasteiger partial charge in [-0.15, -0.1) is 0 Å². The number of amides is 1. The molecule has 0 fully saturated rings.